The van der Waals surface area contributed by atoms with Crippen molar-refractivity contribution < 1.29 is 19.2 Å². The minimum absolute atomic E-state index is 0.217. The van der Waals surface area contributed by atoms with Gasteiger partial charge >= 0.3 is 0 Å². The third kappa shape index (κ3) is 6.07. The van der Waals surface area contributed by atoms with Gasteiger partial charge in [-0.1, -0.05) is 62.4 Å². The molecule has 0 unspecified atom stereocenters. The zero-order valence-electron chi connectivity index (χ0n) is 27.0. The average Bonchev–Trinajstić information content (AvgIpc) is 3.90. The number of amides is 4. The van der Waals surface area contributed by atoms with Gasteiger partial charge in [-0.3, -0.25) is 29.0 Å². The van der Waals surface area contributed by atoms with E-state index in [1.807, 2.05) is 81.6 Å². The second-order valence-corrected chi connectivity index (χ2v) is 12.3. The second-order valence-electron chi connectivity index (χ2n) is 12.3. The maximum absolute atomic E-state index is 13.4. The van der Waals surface area contributed by atoms with E-state index in [2.05, 4.69) is 9.80 Å². The van der Waals surface area contributed by atoms with Crippen LogP contribution in [0.5, 0.6) is 0 Å². The van der Waals surface area contributed by atoms with Gasteiger partial charge in [0.1, 0.15) is 0 Å². The highest BCUT2D eigenvalue weighted by atomic mass is 16.2. The van der Waals surface area contributed by atoms with Crippen molar-refractivity contribution in [3.05, 3.63) is 95.1 Å². The molecule has 0 spiro atoms. The summed E-state index contributed by atoms with van der Waals surface area (Å²) < 4.78 is 0. The number of rotatable bonds is 12. The molecule has 4 aromatic rings. The van der Waals surface area contributed by atoms with E-state index in [1.165, 1.54) is 22.6 Å². The molecule has 2 heterocycles. The maximum atomic E-state index is 13.4. The maximum Gasteiger partial charge on any atom is 0.261 e. The molecule has 1 saturated carbocycles. The Balaban J connectivity index is 0.00000182. The fourth-order valence-corrected chi connectivity index (χ4v) is 6.72. The summed E-state index contributed by atoms with van der Waals surface area (Å²) in [5, 5.41) is 3.33. The van der Waals surface area contributed by atoms with Crippen LogP contribution in [0.3, 0.4) is 0 Å². The van der Waals surface area contributed by atoms with Crippen molar-refractivity contribution >= 4 is 45.2 Å². The van der Waals surface area contributed by atoms with Gasteiger partial charge in [-0.15, -0.1) is 0 Å². The molecule has 8 nitrogen and oxygen atoms in total. The van der Waals surface area contributed by atoms with Gasteiger partial charge in [0.05, 0.1) is 0 Å². The zero-order chi connectivity index (χ0) is 32.4. The van der Waals surface area contributed by atoms with E-state index in [1.54, 1.807) is 12.1 Å². The van der Waals surface area contributed by atoms with Gasteiger partial charge in [0.25, 0.3) is 23.6 Å². The summed E-state index contributed by atoms with van der Waals surface area (Å²) in [5.74, 6) is -0.219. The van der Waals surface area contributed by atoms with Crippen molar-refractivity contribution in [1.82, 2.24) is 19.6 Å². The molecule has 0 radical (unpaired) electrons. The van der Waals surface area contributed by atoms with E-state index in [-0.39, 0.29) is 23.6 Å². The molecule has 0 bridgehead atoms. The summed E-state index contributed by atoms with van der Waals surface area (Å²) in [5.41, 5.74) is 2.36. The Morgan fingerprint density at radius 1 is 0.587 bits per heavy atom. The number of hydrogen-bond donors (Lipinski definition) is 0. The number of imide groups is 2. The van der Waals surface area contributed by atoms with E-state index in [9.17, 15) is 19.2 Å². The number of hydrogen-bond acceptors (Lipinski definition) is 6. The Morgan fingerprint density at radius 3 is 1.41 bits per heavy atom. The molecular formula is C38H42N4O4. The molecule has 0 saturated heterocycles. The van der Waals surface area contributed by atoms with Crippen LogP contribution in [-0.4, -0.2) is 96.1 Å². The van der Waals surface area contributed by atoms with Crippen LogP contribution in [0, 0.1) is 5.92 Å². The van der Waals surface area contributed by atoms with Gasteiger partial charge in [0, 0.05) is 65.8 Å². The highest BCUT2D eigenvalue weighted by molar-refractivity contribution is 6.26. The molecule has 1 aliphatic carbocycles. The SMILES string of the molecule is CC.CN(CCCN(CCN1C(=O)c2cccc3cccc(c23)C1=O)CC1CC1)CCN1C(=O)c2cccc3cccc(c23)C1=O. The first-order chi connectivity index (χ1) is 22.4. The number of likely N-dealkylation sites (N-methyl/N-ethyl adjacent to an activating group) is 1. The van der Waals surface area contributed by atoms with Crippen LogP contribution < -0.4 is 0 Å². The third-order valence-corrected chi connectivity index (χ3v) is 9.28. The first-order valence-electron chi connectivity index (χ1n) is 16.6. The van der Waals surface area contributed by atoms with Crippen LogP contribution >= 0.6 is 0 Å². The van der Waals surface area contributed by atoms with Crippen molar-refractivity contribution in [2.45, 2.75) is 33.1 Å². The van der Waals surface area contributed by atoms with Crippen molar-refractivity contribution in [3.8, 4) is 0 Å². The first-order valence-corrected chi connectivity index (χ1v) is 16.6. The summed E-state index contributed by atoms with van der Waals surface area (Å²) in [4.78, 5) is 60.5. The molecule has 1 fully saturated rings. The Labute approximate surface area is 270 Å². The fourth-order valence-electron chi connectivity index (χ4n) is 6.72. The number of carbonyl (C=O) groups excluding carboxylic acids is 4. The summed E-state index contributed by atoms with van der Waals surface area (Å²) in [6, 6.07) is 22.5. The molecule has 0 aromatic heterocycles. The first kappa shape index (κ1) is 31.6. The lowest BCUT2D eigenvalue weighted by Crippen LogP contribution is -2.45. The largest absolute Gasteiger partial charge is 0.305 e. The van der Waals surface area contributed by atoms with Gasteiger partial charge in [-0.2, -0.15) is 0 Å². The van der Waals surface area contributed by atoms with Gasteiger partial charge in [0.2, 0.25) is 0 Å². The molecule has 2 aliphatic heterocycles. The number of carbonyl (C=O) groups is 4. The minimum Gasteiger partial charge on any atom is -0.305 e. The van der Waals surface area contributed by atoms with Crippen LogP contribution in [0.1, 0.15) is 74.5 Å². The predicted octanol–water partition coefficient (Wildman–Crippen LogP) is 5.95. The Bertz CT molecular complexity index is 1710. The van der Waals surface area contributed by atoms with Crippen LogP contribution in [0.25, 0.3) is 21.5 Å². The quantitative estimate of drug-likeness (QED) is 0.183. The lowest BCUT2D eigenvalue weighted by Gasteiger charge is -2.31. The minimum atomic E-state index is -0.232. The highest BCUT2D eigenvalue weighted by Gasteiger charge is 2.34. The average molecular weight is 619 g/mol. The molecule has 3 aliphatic rings. The Kier molecular flexibility index (Phi) is 9.29. The van der Waals surface area contributed by atoms with E-state index in [0.717, 1.165) is 47.6 Å². The Hall–Kier alpha value is -4.40. The molecule has 238 valence electrons. The number of benzene rings is 4. The van der Waals surface area contributed by atoms with E-state index < -0.39 is 0 Å². The zero-order valence-corrected chi connectivity index (χ0v) is 27.0. The topological polar surface area (TPSA) is 81.2 Å². The van der Waals surface area contributed by atoms with E-state index >= 15 is 0 Å². The summed E-state index contributed by atoms with van der Waals surface area (Å²) >= 11 is 0. The van der Waals surface area contributed by atoms with Gasteiger partial charge in [-0.25, -0.2) is 0 Å². The van der Waals surface area contributed by atoms with Crippen LogP contribution in [-0.2, 0) is 0 Å². The molecule has 0 atom stereocenters. The van der Waals surface area contributed by atoms with Crippen molar-refractivity contribution in [2.75, 3.05) is 52.9 Å². The molecule has 8 heteroatoms. The molecule has 0 N–H and O–H groups in total. The van der Waals surface area contributed by atoms with Crippen molar-refractivity contribution in [2.24, 2.45) is 5.92 Å². The fraction of sp³-hybridized carbons (Fsp3) is 0.368. The van der Waals surface area contributed by atoms with Gasteiger partial charge in [-0.05, 0) is 80.4 Å². The monoisotopic (exact) mass is 618 g/mol. The summed E-state index contributed by atoms with van der Waals surface area (Å²) in [6.45, 7) is 8.53. The normalized spacial score (nSPS) is 15.8. The lowest BCUT2D eigenvalue weighted by molar-refractivity contribution is 0.0583. The van der Waals surface area contributed by atoms with E-state index in [4.69, 9.17) is 0 Å². The summed E-state index contributed by atoms with van der Waals surface area (Å²) in [7, 11) is 2.02. The molecular weight excluding hydrogens is 576 g/mol. The van der Waals surface area contributed by atoms with Crippen molar-refractivity contribution in [1.29, 1.82) is 0 Å². The van der Waals surface area contributed by atoms with Crippen LogP contribution in [0.15, 0.2) is 72.8 Å². The molecule has 4 aromatic carbocycles. The van der Waals surface area contributed by atoms with Gasteiger partial charge < -0.3 is 9.80 Å². The van der Waals surface area contributed by atoms with E-state index in [0.29, 0.717) is 54.4 Å². The molecule has 7 rings (SSSR count). The smallest absolute Gasteiger partial charge is 0.261 e. The standard InChI is InChI=1S/C36H36N4O4.C2H6/c1-37(19-21-39-33(41)27-11-2-7-25-8-3-12-28(31(25)27)34(39)42)17-6-18-38(23-24-15-16-24)20-22-40-35(43)29-13-4-9-26-10-5-14-30(32(26)29)36(40)44;1-2/h2-5,7-14,24H,6,15-23H2,1H3;1-2H3. The van der Waals surface area contributed by atoms with Crippen LogP contribution in [0.4, 0.5) is 0 Å². The molecule has 4 amide bonds. The second kappa shape index (κ2) is 13.5. The van der Waals surface area contributed by atoms with Crippen molar-refractivity contribution in [3.63, 3.8) is 0 Å². The lowest BCUT2D eigenvalue weighted by atomic mass is 9.94. The van der Waals surface area contributed by atoms with Crippen LogP contribution in [0.2, 0.25) is 0 Å². The highest BCUT2D eigenvalue weighted by Crippen LogP contribution is 2.32. The Morgan fingerprint density at radius 2 is 1.00 bits per heavy atom. The predicted molar refractivity (Wildman–Crippen MR) is 181 cm³/mol. The number of nitrogens with zero attached hydrogens (tertiary/aromatic N) is 4. The summed E-state index contributed by atoms with van der Waals surface area (Å²) in [6.07, 6.45) is 3.35. The third-order valence-electron chi connectivity index (χ3n) is 9.28. The van der Waals surface area contributed by atoms with Gasteiger partial charge in [0.15, 0.2) is 0 Å². The molecule has 46 heavy (non-hydrogen) atoms.